The Bertz CT molecular complexity index is 684. The Morgan fingerprint density at radius 3 is 2.65 bits per heavy atom. The van der Waals surface area contributed by atoms with Gasteiger partial charge >= 0.3 is 0 Å². The second-order valence-electron chi connectivity index (χ2n) is 7.41. The zero-order valence-corrected chi connectivity index (χ0v) is 15.3. The number of aliphatic hydroxyl groups is 1. The van der Waals surface area contributed by atoms with Crippen LogP contribution in [0.25, 0.3) is 11.5 Å². The van der Waals surface area contributed by atoms with Crippen molar-refractivity contribution in [3.8, 4) is 11.5 Å². The SMILES string of the molecule is OCC[C@@H]1CN(c2noc(-c3ccccc3)n2)CCN1C1CCCCC1. The summed E-state index contributed by atoms with van der Waals surface area (Å²) in [5.74, 6) is 1.23. The molecule has 0 unspecified atom stereocenters. The highest BCUT2D eigenvalue weighted by Gasteiger charge is 2.33. The molecule has 2 aromatic rings. The number of nitrogens with zero attached hydrogens (tertiary/aromatic N) is 4. The third kappa shape index (κ3) is 3.76. The summed E-state index contributed by atoms with van der Waals surface area (Å²) in [5.41, 5.74) is 0.944. The second-order valence-corrected chi connectivity index (χ2v) is 7.41. The number of anilines is 1. The van der Waals surface area contributed by atoms with Crippen LogP contribution in [0.2, 0.25) is 0 Å². The molecular formula is C20H28N4O2. The first-order chi connectivity index (χ1) is 12.8. The van der Waals surface area contributed by atoms with Crippen LogP contribution in [0.15, 0.2) is 34.9 Å². The minimum atomic E-state index is 0.225. The smallest absolute Gasteiger partial charge is 0.266 e. The Kier molecular flexibility index (Phi) is 5.51. The minimum absolute atomic E-state index is 0.225. The Hall–Kier alpha value is -1.92. The molecule has 6 nitrogen and oxygen atoms in total. The number of aromatic nitrogens is 2. The second kappa shape index (κ2) is 8.18. The first-order valence-corrected chi connectivity index (χ1v) is 9.86. The number of piperazine rings is 1. The van der Waals surface area contributed by atoms with E-state index in [-0.39, 0.29) is 6.61 Å². The average Bonchev–Trinajstić information content (AvgIpc) is 3.20. The molecular weight excluding hydrogens is 328 g/mol. The summed E-state index contributed by atoms with van der Waals surface area (Å²) >= 11 is 0. The van der Waals surface area contributed by atoms with Crippen LogP contribution >= 0.6 is 0 Å². The van der Waals surface area contributed by atoms with Crippen molar-refractivity contribution in [2.75, 3.05) is 31.1 Å². The lowest BCUT2D eigenvalue weighted by atomic mass is 9.92. The van der Waals surface area contributed by atoms with Crippen LogP contribution in [-0.4, -0.2) is 58.5 Å². The van der Waals surface area contributed by atoms with Gasteiger partial charge in [0.1, 0.15) is 0 Å². The maximum atomic E-state index is 9.55. The quantitative estimate of drug-likeness (QED) is 0.889. The average molecular weight is 356 g/mol. The summed E-state index contributed by atoms with van der Waals surface area (Å²) in [7, 11) is 0. The van der Waals surface area contributed by atoms with E-state index in [2.05, 4.69) is 19.9 Å². The number of benzene rings is 1. The fraction of sp³-hybridized carbons (Fsp3) is 0.600. The maximum absolute atomic E-state index is 9.55. The number of rotatable bonds is 5. The molecule has 4 rings (SSSR count). The summed E-state index contributed by atoms with van der Waals surface area (Å²) < 4.78 is 5.48. The molecule has 2 aliphatic rings. The van der Waals surface area contributed by atoms with Crippen molar-refractivity contribution < 1.29 is 9.63 Å². The molecule has 1 aliphatic carbocycles. The molecule has 1 aromatic heterocycles. The van der Waals surface area contributed by atoms with E-state index in [1.165, 1.54) is 32.1 Å². The van der Waals surface area contributed by atoms with Crippen molar-refractivity contribution >= 4 is 5.95 Å². The van der Waals surface area contributed by atoms with Crippen molar-refractivity contribution in [2.45, 2.75) is 50.6 Å². The van der Waals surface area contributed by atoms with Gasteiger partial charge in [-0.25, -0.2) is 0 Å². The van der Waals surface area contributed by atoms with Crippen LogP contribution in [0.4, 0.5) is 5.95 Å². The molecule has 0 radical (unpaired) electrons. The van der Waals surface area contributed by atoms with Gasteiger partial charge in [0.05, 0.1) is 0 Å². The summed E-state index contributed by atoms with van der Waals surface area (Å²) in [5, 5.41) is 13.8. The van der Waals surface area contributed by atoms with Gasteiger partial charge in [-0.3, -0.25) is 4.90 Å². The third-order valence-corrected chi connectivity index (χ3v) is 5.75. The van der Waals surface area contributed by atoms with Crippen molar-refractivity contribution in [1.29, 1.82) is 0 Å². The van der Waals surface area contributed by atoms with E-state index in [9.17, 15) is 5.11 Å². The van der Waals surface area contributed by atoms with Crippen molar-refractivity contribution in [3.63, 3.8) is 0 Å². The predicted octanol–water partition coefficient (Wildman–Crippen LogP) is 2.94. The molecule has 0 bridgehead atoms. The van der Waals surface area contributed by atoms with Gasteiger partial charge < -0.3 is 14.5 Å². The van der Waals surface area contributed by atoms with Crippen LogP contribution in [-0.2, 0) is 0 Å². The summed E-state index contributed by atoms with van der Waals surface area (Å²) in [6.07, 6.45) is 7.43. The zero-order valence-electron chi connectivity index (χ0n) is 15.3. The van der Waals surface area contributed by atoms with Gasteiger partial charge in [0.25, 0.3) is 11.8 Å². The lowest BCUT2D eigenvalue weighted by molar-refractivity contribution is 0.0752. The molecule has 1 N–H and O–H groups in total. The van der Waals surface area contributed by atoms with E-state index in [1.54, 1.807) is 0 Å². The highest BCUT2D eigenvalue weighted by Crippen LogP contribution is 2.28. The fourth-order valence-corrected chi connectivity index (χ4v) is 4.39. The Morgan fingerprint density at radius 2 is 1.88 bits per heavy atom. The monoisotopic (exact) mass is 356 g/mol. The summed E-state index contributed by atoms with van der Waals surface area (Å²) in [4.78, 5) is 9.44. The van der Waals surface area contributed by atoms with Gasteiger partial charge in [-0.1, -0.05) is 37.5 Å². The molecule has 0 amide bonds. The molecule has 1 aliphatic heterocycles. The van der Waals surface area contributed by atoms with Crippen molar-refractivity contribution in [1.82, 2.24) is 15.0 Å². The lowest BCUT2D eigenvalue weighted by Gasteiger charge is -2.46. The van der Waals surface area contributed by atoms with Gasteiger partial charge in [0.15, 0.2) is 0 Å². The van der Waals surface area contributed by atoms with E-state index in [1.807, 2.05) is 30.3 Å². The maximum Gasteiger partial charge on any atom is 0.266 e. The van der Waals surface area contributed by atoms with Crippen molar-refractivity contribution in [3.05, 3.63) is 30.3 Å². The van der Waals surface area contributed by atoms with Gasteiger partial charge in [0, 0.05) is 43.9 Å². The van der Waals surface area contributed by atoms with Gasteiger partial charge in [-0.05, 0) is 36.6 Å². The normalized spacial score (nSPS) is 22.7. The molecule has 1 atom stereocenters. The molecule has 140 valence electrons. The van der Waals surface area contributed by atoms with Crippen LogP contribution in [0.5, 0.6) is 0 Å². The Labute approximate surface area is 154 Å². The van der Waals surface area contributed by atoms with E-state index in [0.29, 0.717) is 23.9 Å². The van der Waals surface area contributed by atoms with Crippen molar-refractivity contribution in [2.24, 2.45) is 0 Å². The van der Waals surface area contributed by atoms with E-state index < -0.39 is 0 Å². The first kappa shape index (κ1) is 17.5. The minimum Gasteiger partial charge on any atom is -0.396 e. The van der Waals surface area contributed by atoms with Crippen LogP contribution in [0, 0.1) is 0 Å². The van der Waals surface area contributed by atoms with Crippen LogP contribution in [0.1, 0.15) is 38.5 Å². The molecule has 1 saturated heterocycles. The molecule has 2 fully saturated rings. The summed E-state index contributed by atoms with van der Waals surface area (Å²) in [6.45, 7) is 2.99. The number of hydrogen-bond donors (Lipinski definition) is 1. The molecule has 0 spiro atoms. The largest absolute Gasteiger partial charge is 0.396 e. The zero-order chi connectivity index (χ0) is 17.8. The van der Waals surface area contributed by atoms with Gasteiger partial charge in [-0.15, -0.1) is 0 Å². The van der Waals surface area contributed by atoms with E-state index >= 15 is 0 Å². The van der Waals surface area contributed by atoms with Gasteiger partial charge in [0.2, 0.25) is 0 Å². The molecule has 6 heteroatoms. The third-order valence-electron chi connectivity index (χ3n) is 5.75. The highest BCUT2D eigenvalue weighted by atomic mass is 16.5. The Balaban J connectivity index is 1.46. The molecule has 26 heavy (non-hydrogen) atoms. The number of hydrogen-bond acceptors (Lipinski definition) is 6. The standard InChI is InChI=1S/C20H28N4O2/c25-14-11-18-15-23(12-13-24(18)17-9-5-2-6-10-17)20-21-19(26-22-20)16-7-3-1-4-8-16/h1,3-4,7-8,17-18,25H,2,5-6,9-15H2/t18-/m1/s1. The molecule has 2 heterocycles. The van der Waals surface area contributed by atoms with E-state index in [0.717, 1.165) is 31.6 Å². The predicted molar refractivity (Wildman–Crippen MR) is 101 cm³/mol. The highest BCUT2D eigenvalue weighted by molar-refractivity contribution is 5.54. The first-order valence-electron chi connectivity index (χ1n) is 9.86. The number of aliphatic hydroxyl groups excluding tert-OH is 1. The van der Waals surface area contributed by atoms with E-state index in [4.69, 9.17) is 4.52 Å². The van der Waals surface area contributed by atoms with Crippen LogP contribution < -0.4 is 4.90 Å². The van der Waals surface area contributed by atoms with Crippen LogP contribution in [0.3, 0.4) is 0 Å². The lowest BCUT2D eigenvalue weighted by Crippen LogP contribution is -2.57. The molecule has 1 saturated carbocycles. The molecule has 1 aromatic carbocycles. The van der Waals surface area contributed by atoms with Gasteiger partial charge in [-0.2, -0.15) is 4.98 Å². The summed E-state index contributed by atoms with van der Waals surface area (Å²) in [6, 6.07) is 10.9. The topological polar surface area (TPSA) is 65.6 Å². The fourth-order valence-electron chi connectivity index (χ4n) is 4.39. The Morgan fingerprint density at radius 1 is 1.08 bits per heavy atom.